The summed E-state index contributed by atoms with van der Waals surface area (Å²) in [6.07, 6.45) is 5.01. The summed E-state index contributed by atoms with van der Waals surface area (Å²) < 4.78 is 25.1. The highest BCUT2D eigenvalue weighted by atomic mass is 32.2. The number of pyridine rings is 1. The van der Waals surface area contributed by atoms with Crippen molar-refractivity contribution in [2.24, 2.45) is 0 Å². The molecule has 3 aromatic rings. The average molecular weight is 537 g/mol. The quantitative estimate of drug-likeness (QED) is 0.179. The highest BCUT2D eigenvalue weighted by Crippen LogP contribution is 2.34. The van der Waals surface area contributed by atoms with Crippen molar-refractivity contribution in [2.75, 3.05) is 17.3 Å². The number of aromatic nitrogens is 1. The Labute approximate surface area is 225 Å². The second-order valence-electron chi connectivity index (χ2n) is 9.43. The van der Waals surface area contributed by atoms with E-state index in [2.05, 4.69) is 13.0 Å². The van der Waals surface area contributed by atoms with Gasteiger partial charge in [-0.15, -0.1) is 11.8 Å². The summed E-state index contributed by atoms with van der Waals surface area (Å²) in [5, 5.41) is 21.1. The average Bonchev–Trinajstić information content (AvgIpc) is 2.89. The molecule has 0 aliphatic carbocycles. The first-order valence-electron chi connectivity index (χ1n) is 12.9. The Bertz CT molecular complexity index is 1280. The number of sulfone groups is 1. The van der Waals surface area contributed by atoms with E-state index < -0.39 is 15.9 Å². The number of aliphatic hydroxyl groups excluding tert-OH is 1. The van der Waals surface area contributed by atoms with Crippen LogP contribution in [-0.2, 0) is 9.84 Å². The molecule has 5 nitrogen and oxygen atoms in total. The minimum Gasteiger partial charge on any atom is -0.391 e. The maximum absolute atomic E-state index is 12.5. The van der Waals surface area contributed by atoms with E-state index in [1.807, 2.05) is 67.6 Å². The Morgan fingerprint density at radius 3 is 2.32 bits per heavy atom. The molecule has 0 saturated heterocycles. The van der Waals surface area contributed by atoms with Gasteiger partial charge in [-0.3, -0.25) is 0 Å². The number of benzene rings is 2. The summed E-state index contributed by atoms with van der Waals surface area (Å²) in [5.41, 5.74) is 4.87. The van der Waals surface area contributed by atoms with Crippen LogP contribution in [0.5, 0.6) is 0 Å². The fourth-order valence-electron chi connectivity index (χ4n) is 4.15. The van der Waals surface area contributed by atoms with E-state index in [-0.39, 0.29) is 17.3 Å². The van der Waals surface area contributed by atoms with E-state index in [1.165, 1.54) is 18.2 Å². The number of unbranched alkanes of at least 4 members (excludes halogenated alkanes) is 5. The van der Waals surface area contributed by atoms with Gasteiger partial charge < -0.3 is 5.11 Å². The number of aryl methyl sites for hydroxylation is 1. The van der Waals surface area contributed by atoms with Gasteiger partial charge in [-0.1, -0.05) is 99.2 Å². The first-order valence-corrected chi connectivity index (χ1v) is 15.7. The summed E-state index contributed by atoms with van der Waals surface area (Å²) in [7, 11) is -3.35. The lowest BCUT2D eigenvalue weighted by Crippen LogP contribution is -2.25. The molecule has 2 aromatic carbocycles. The van der Waals surface area contributed by atoms with E-state index in [0.717, 1.165) is 53.6 Å². The van der Waals surface area contributed by atoms with Crippen LogP contribution in [0, 0.1) is 18.3 Å². The highest BCUT2D eigenvalue weighted by Gasteiger charge is 2.20. The molecule has 0 radical (unpaired) electrons. The lowest BCUT2D eigenvalue weighted by molar-refractivity contribution is 0.222. The highest BCUT2D eigenvalue weighted by molar-refractivity contribution is 7.99. The van der Waals surface area contributed by atoms with Gasteiger partial charge in [0.25, 0.3) is 0 Å². The molecule has 0 unspecified atom stereocenters. The third-order valence-corrected chi connectivity index (χ3v) is 9.12. The largest absolute Gasteiger partial charge is 0.391 e. The fourth-order valence-corrected chi connectivity index (χ4v) is 6.75. The molecule has 0 spiro atoms. The summed E-state index contributed by atoms with van der Waals surface area (Å²) in [4.78, 5) is 4.75. The van der Waals surface area contributed by atoms with Crippen molar-refractivity contribution < 1.29 is 13.5 Å². The third-order valence-electron chi connectivity index (χ3n) is 6.20. The Morgan fingerprint density at radius 2 is 1.65 bits per heavy atom. The molecule has 0 bridgehead atoms. The molecule has 196 valence electrons. The van der Waals surface area contributed by atoms with E-state index >= 15 is 0 Å². The standard InChI is InChI=1S/C30H36N2O3S2/c1-3-4-5-6-7-11-18-37(34,35)22-26(33)21-36-30-28(20-31)27(24-16-14-23(2)15-17-24)19-29(32-30)25-12-9-8-10-13-25/h8-10,12-17,19,26,33H,3-7,11,18,21-22H2,1-2H3/t26-/m0/s1. The minimum atomic E-state index is -3.35. The fraction of sp³-hybridized carbons (Fsp3) is 0.400. The SMILES string of the molecule is CCCCCCCCS(=O)(=O)C[C@@H](O)CSc1nc(-c2ccccc2)cc(-c2ccc(C)cc2)c1C#N. The molecule has 1 aromatic heterocycles. The Balaban J connectivity index is 1.76. The van der Waals surface area contributed by atoms with Gasteiger partial charge in [0, 0.05) is 16.9 Å². The monoisotopic (exact) mass is 536 g/mol. The molecular formula is C30H36N2O3S2. The topological polar surface area (TPSA) is 91.1 Å². The molecule has 0 fully saturated rings. The lowest BCUT2D eigenvalue weighted by Gasteiger charge is -2.15. The van der Waals surface area contributed by atoms with Crippen molar-refractivity contribution in [3.63, 3.8) is 0 Å². The van der Waals surface area contributed by atoms with Gasteiger partial charge in [-0.25, -0.2) is 13.4 Å². The van der Waals surface area contributed by atoms with E-state index in [0.29, 0.717) is 17.0 Å². The van der Waals surface area contributed by atoms with E-state index in [1.54, 1.807) is 0 Å². The number of nitrogens with zero attached hydrogens (tertiary/aromatic N) is 2. The van der Waals surface area contributed by atoms with Crippen molar-refractivity contribution in [1.82, 2.24) is 4.98 Å². The van der Waals surface area contributed by atoms with Crippen molar-refractivity contribution in [3.8, 4) is 28.5 Å². The third kappa shape index (κ3) is 8.99. The number of hydrogen-bond donors (Lipinski definition) is 1. The van der Waals surface area contributed by atoms with Crippen LogP contribution in [0.3, 0.4) is 0 Å². The Hall–Kier alpha value is -2.66. The molecule has 1 atom stereocenters. The van der Waals surface area contributed by atoms with E-state index in [4.69, 9.17) is 4.98 Å². The van der Waals surface area contributed by atoms with Crippen LogP contribution >= 0.6 is 11.8 Å². The number of nitriles is 1. The van der Waals surface area contributed by atoms with Crippen LogP contribution in [0.4, 0.5) is 0 Å². The van der Waals surface area contributed by atoms with Gasteiger partial charge in [0.1, 0.15) is 11.1 Å². The molecule has 1 N–H and O–H groups in total. The van der Waals surface area contributed by atoms with Crippen LogP contribution in [0.2, 0.25) is 0 Å². The smallest absolute Gasteiger partial charge is 0.152 e. The zero-order chi connectivity index (χ0) is 26.7. The normalized spacial score (nSPS) is 12.3. The lowest BCUT2D eigenvalue weighted by atomic mass is 9.98. The molecule has 0 aliphatic rings. The second-order valence-corrected chi connectivity index (χ2v) is 12.7. The molecule has 1 heterocycles. The number of rotatable bonds is 14. The maximum atomic E-state index is 12.5. The van der Waals surface area contributed by atoms with Crippen molar-refractivity contribution in [2.45, 2.75) is 63.5 Å². The predicted molar refractivity (Wildman–Crippen MR) is 153 cm³/mol. The molecule has 0 aliphatic heterocycles. The molecule has 0 amide bonds. The van der Waals surface area contributed by atoms with Crippen LogP contribution in [0.25, 0.3) is 22.4 Å². The molecular weight excluding hydrogens is 500 g/mol. The van der Waals surface area contributed by atoms with Gasteiger partial charge in [0.05, 0.1) is 28.9 Å². The number of aliphatic hydroxyl groups is 1. The minimum absolute atomic E-state index is 0.101. The summed E-state index contributed by atoms with van der Waals surface area (Å²) >= 11 is 1.23. The zero-order valence-corrected chi connectivity index (χ0v) is 23.3. The van der Waals surface area contributed by atoms with Crippen LogP contribution < -0.4 is 0 Å². The maximum Gasteiger partial charge on any atom is 0.152 e. The first kappa shape index (κ1) is 28.9. The Morgan fingerprint density at radius 1 is 0.973 bits per heavy atom. The van der Waals surface area contributed by atoms with Crippen molar-refractivity contribution in [3.05, 3.63) is 71.8 Å². The van der Waals surface area contributed by atoms with Crippen molar-refractivity contribution in [1.29, 1.82) is 5.26 Å². The molecule has 37 heavy (non-hydrogen) atoms. The summed E-state index contributed by atoms with van der Waals surface area (Å²) in [6.45, 7) is 4.17. The van der Waals surface area contributed by atoms with E-state index in [9.17, 15) is 18.8 Å². The molecule has 7 heteroatoms. The van der Waals surface area contributed by atoms with Gasteiger partial charge in [0.2, 0.25) is 0 Å². The second kappa shape index (κ2) is 14.3. The first-order chi connectivity index (χ1) is 17.8. The van der Waals surface area contributed by atoms with Gasteiger partial charge in [0.15, 0.2) is 9.84 Å². The van der Waals surface area contributed by atoms with Crippen molar-refractivity contribution >= 4 is 21.6 Å². The number of thioether (sulfide) groups is 1. The number of hydrogen-bond acceptors (Lipinski definition) is 6. The zero-order valence-electron chi connectivity index (χ0n) is 21.7. The van der Waals surface area contributed by atoms with Gasteiger partial charge in [-0.2, -0.15) is 5.26 Å². The van der Waals surface area contributed by atoms with Gasteiger partial charge in [-0.05, 0) is 25.0 Å². The molecule has 3 rings (SSSR count). The molecule has 0 saturated carbocycles. The Kier molecular flexibility index (Phi) is 11.2. The van der Waals surface area contributed by atoms with Crippen LogP contribution in [0.1, 0.15) is 56.6 Å². The van der Waals surface area contributed by atoms with Crippen LogP contribution in [0.15, 0.2) is 65.7 Å². The van der Waals surface area contributed by atoms with Crippen LogP contribution in [-0.4, -0.2) is 41.9 Å². The van der Waals surface area contributed by atoms with Gasteiger partial charge >= 0.3 is 0 Å². The summed E-state index contributed by atoms with van der Waals surface area (Å²) in [6, 6.07) is 21.9. The summed E-state index contributed by atoms with van der Waals surface area (Å²) in [5.74, 6) is -0.0351. The predicted octanol–water partition coefficient (Wildman–Crippen LogP) is 6.82.